The van der Waals surface area contributed by atoms with Crippen LogP contribution in [-0.2, 0) is 33.2 Å². The molecule has 0 atom stereocenters. The molecule has 0 bridgehead atoms. The van der Waals surface area contributed by atoms with Crippen LogP contribution in [0.1, 0.15) is 0 Å². The smallest absolute Gasteiger partial charge is 0.248 e. The first-order chi connectivity index (χ1) is 21.2. The van der Waals surface area contributed by atoms with Gasteiger partial charge in [0.05, 0.1) is 52.9 Å². The van der Waals surface area contributed by atoms with Gasteiger partial charge in [-0.15, -0.1) is 0 Å². The molecule has 2 aromatic rings. The number of benzene rings is 2. The van der Waals surface area contributed by atoms with Crippen molar-refractivity contribution in [2.45, 2.75) is 6.10 Å². The van der Waals surface area contributed by atoms with Crippen LogP contribution in [0, 0.1) is 0 Å². The quantitative estimate of drug-likeness (QED) is 0.278. The molecular weight excluding hydrogens is 562 g/mol. The predicted molar refractivity (Wildman–Crippen MR) is 157 cm³/mol. The fraction of sp³-hybridized carbons (Fsp3) is 0.581. The lowest BCUT2D eigenvalue weighted by Gasteiger charge is -2.25. The number of para-hydroxylation sites is 4. The van der Waals surface area contributed by atoms with Crippen molar-refractivity contribution >= 4 is 5.91 Å². The first-order valence-corrected chi connectivity index (χ1v) is 14.5. The molecule has 0 aromatic heterocycles. The second-order valence-electron chi connectivity index (χ2n) is 9.35. The lowest BCUT2D eigenvalue weighted by atomic mass is 10.3. The number of carbonyl (C=O) groups is 1. The minimum atomic E-state index is -0.584. The van der Waals surface area contributed by atoms with Crippen molar-refractivity contribution in [3.63, 3.8) is 0 Å². The van der Waals surface area contributed by atoms with Gasteiger partial charge in [0, 0.05) is 27.3 Å². The molecule has 0 saturated heterocycles. The number of fused-ring (bicyclic) bond motifs is 2. The van der Waals surface area contributed by atoms with Crippen molar-refractivity contribution in [1.82, 2.24) is 4.90 Å². The number of nitrogens with zero attached hydrogens (tertiary/aromatic N) is 1. The van der Waals surface area contributed by atoms with E-state index >= 15 is 0 Å². The Morgan fingerprint density at radius 1 is 0.674 bits per heavy atom. The van der Waals surface area contributed by atoms with E-state index in [1.165, 1.54) is 0 Å². The minimum absolute atomic E-state index is 0.118. The Bertz CT molecular complexity index is 955. The van der Waals surface area contributed by atoms with Gasteiger partial charge in [0.2, 0.25) is 5.91 Å². The van der Waals surface area contributed by atoms with Crippen LogP contribution in [0.4, 0.5) is 0 Å². The molecule has 1 amide bonds. The van der Waals surface area contributed by atoms with Crippen molar-refractivity contribution in [1.29, 1.82) is 0 Å². The Morgan fingerprint density at radius 2 is 1.14 bits per heavy atom. The molecule has 0 saturated carbocycles. The van der Waals surface area contributed by atoms with E-state index in [9.17, 15) is 4.79 Å². The van der Waals surface area contributed by atoms with Gasteiger partial charge in [-0.1, -0.05) is 24.3 Å². The van der Waals surface area contributed by atoms with Gasteiger partial charge in [0.1, 0.15) is 39.1 Å². The fourth-order valence-corrected chi connectivity index (χ4v) is 3.89. The number of amides is 1. The largest absolute Gasteiger partial charge is 0.487 e. The Kier molecular flexibility index (Phi) is 17.2. The van der Waals surface area contributed by atoms with Crippen molar-refractivity contribution in [2.75, 3.05) is 113 Å². The summed E-state index contributed by atoms with van der Waals surface area (Å²) in [5.74, 6) is 2.08. The standard InChI is InChI=1S/C31H45NO11/c1-34-15-17-36-13-11-32(12-14-37-18-16-35-2)31(33)25-41-26-23-42-29-9-5-3-7-27(29)39-21-19-38-20-22-40-28-8-4-6-10-30(28)43-24-26/h3-10,26H,11-25H2,1-2H3. The molecule has 0 fully saturated rings. The summed E-state index contributed by atoms with van der Waals surface area (Å²) < 4.78 is 56.9. The lowest BCUT2D eigenvalue weighted by molar-refractivity contribution is -0.141. The van der Waals surface area contributed by atoms with Crippen LogP contribution in [0.25, 0.3) is 0 Å². The van der Waals surface area contributed by atoms with Crippen LogP contribution in [0.2, 0.25) is 0 Å². The van der Waals surface area contributed by atoms with E-state index < -0.39 is 6.10 Å². The third-order valence-electron chi connectivity index (χ3n) is 6.19. The molecule has 2 aromatic carbocycles. The van der Waals surface area contributed by atoms with Crippen molar-refractivity contribution < 1.29 is 52.2 Å². The molecular formula is C31H45NO11. The van der Waals surface area contributed by atoms with Gasteiger partial charge in [-0.25, -0.2) is 0 Å². The van der Waals surface area contributed by atoms with E-state index in [4.69, 9.17) is 47.4 Å². The van der Waals surface area contributed by atoms with Crippen molar-refractivity contribution in [3.05, 3.63) is 48.5 Å². The van der Waals surface area contributed by atoms with Crippen molar-refractivity contribution in [2.24, 2.45) is 0 Å². The zero-order valence-electron chi connectivity index (χ0n) is 25.2. The molecule has 43 heavy (non-hydrogen) atoms. The molecule has 12 heteroatoms. The minimum Gasteiger partial charge on any atom is -0.487 e. The summed E-state index contributed by atoms with van der Waals surface area (Å²) in [6, 6.07) is 14.8. The normalized spacial score (nSPS) is 14.7. The van der Waals surface area contributed by atoms with Crippen molar-refractivity contribution in [3.8, 4) is 23.0 Å². The van der Waals surface area contributed by atoms with Crippen LogP contribution in [-0.4, -0.2) is 130 Å². The molecule has 0 spiro atoms. The molecule has 1 aliphatic rings. The molecule has 0 unspecified atom stereocenters. The molecule has 3 rings (SSSR count). The highest BCUT2D eigenvalue weighted by molar-refractivity contribution is 5.77. The average Bonchev–Trinajstić information content (AvgIpc) is 3.03. The third kappa shape index (κ3) is 13.8. The van der Waals surface area contributed by atoms with E-state index in [-0.39, 0.29) is 25.7 Å². The van der Waals surface area contributed by atoms with E-state index in [0.29, 0.717) is 102 Å². The van der Waals surface area contributed by atoms with E-state index in [1.807, 2.05) is 48.5 Å². The Labute approximate surface area is 253 Å². The maximum atomic E-state index is 13.3. The van der Waals surface area contributed by atoms with Gasteiger partial charge < -0.3 is 52.3 Å². The lowest BCUT2D eigenvalue weighted by Crippen LogP contribution is -2.41. The SMILES string of the molecule is COCCOCCN(CCOCCOC)C(=O)COC1COc2ccccc2OCCOCCOc2ccccc2OC1. The highest BCUT2D eigenvalue weighted by Crippen LogP contribution is 2.28. The molecule has 12 nitrogen and oxygen atoms in total. The molecule has 0 aliphatic carbocycles. The molecule has 0 N–H and O–H groups in total. The van der Waals surface area contributed by atoms with Crippen LogP contribution in [0.3, 0.4) is 0 Å². The van der Waals surface area contributed by atoms with E-state index in [1.54, 1.807) is 19.1 Å². The van der Waals surface area contributed by atoms with Crippen LogP contribution in [0.5, 0.6) is 23.0 Å². The fourth-order valence-electron chi connectivity index (χ4n) is 3.89. The highest BCUT2D eigenvalue weighted by atomic mass is 16.6. The first-order valence-electron chi connectivity index (χ1n) is 14.5. The summed E-state index contributed by atoms with van der Waals surface area (Å²) in [6.45, 7) is 4.91. The number of hydrogen-bond acceptors (Lipinski definition) is 11. The number of methoxy groups -OCH3 is 2. The summed E-state index contributed by atoms with van der Waals surface area (Å²) in [6.07, 6.45) is -0.584. The summed E-state index contributed by atoms with van der Waals surface area (Å²) >= 11 is 0. The Hall–Kier alpha value is -3.13. The van der Waals surface area contributed by atoms with Gasteiger partial charge in [0.15, 0.2) is 23.0 Å². The molecule has 1 heterocycles. The zero-order chi connectivity index (χ0) is 30.4. The Balaban J connectivity index is 1.66. The molecule has 0 radical (unpaired) electrons. The third-order valence-corrected chi connectivity index (χ3v) is 6.19. The van der Waals surface area contributed by atoms with E-state index in [0.717, 1.165) is 0 Å². The van der Waals surface area contributed by atoms with Gasteiger partial charge in [-0.05, 0) is 24.3 Å². The number of ether oxygens (including phenoxy) is 10. The summed E-state index contributed by atoms with van der Waals surface area (Å²) in [7, 11) is 3.23. The highest BCUT2D eigenvalue weighted by Gasteiger charge is 2.20. The van der Waals surface area contributed by atoms with Crippen LogP contribution >= 0.6 is 0 Å². The average molecular weight is 608 g/mol. The van der Waals surface area contributed by atoms with Crippen LogP contribution in [0.15, 0.2) is 48.5 Å². The first kappa shape index (κ1) is 34.4. The zero-order valence-corrected chi connectivity index (χ0v) is 25.2. The number of rotatable bonds is 15. The monoisotopic (exact) mass is 607 g/mol. The van der Waals surface area contributed by atoms with Gasteiger partial charge in [-0.2, -0.15) is 0 Å². The molecule has 1 aliphatic heterocycles. The summed E-state index contributed by atoms with van der Waals surface area (Å²) in [4.78, 5) is 14.9. The maximum Gasteiger partial charge on any atom is 0.248 e. The summed E-state index contributed by atoms with van der Waals surface area (Å²) in [5, 5.41) is 0. The van der Waals surface area contributed by atoms with Gasteiger partial charge in [0.25, 0.3) is 0 Å². The second kappa shape index (κ2) is 21.5. The van der Waals surface area contributed by atoms with Gasteiger partial charge in [-0.3, -0.25) is 4.79 Å². The van der Waals surface area contributed by atoms with E-state index in [2.05, 4.69) is 0 Å². The predicted octanol–water partition coefficient (Wildman–Crippen LogP) is 2.47. The Morgan fingerprint density at radius 3 is 1.60 bits per heavy atom. The summed E-state index contributed by atoms with van der Waals surface area (Å²) in [5.41, 5.74) is 0. The van der Waals surface area contributed by atoms with Crippen LogP contribution < -0.4 is 18.9 Å². The number of hydrogen-bond donors (Lipinski definition) is 0. The molecule has 240 valence electrons. The topological polar surface area (TPSA) is 113 Å². The number of carbonyl (C=O) groups excluding carboxylic acids is 1. The maximum absolute atomic E-state index is 13.3. The second-order valence-corrected chi connectivity index (χ2v) is 9.35. The van der Waals surface area contributed by atoms with Gasteiger partial charge >= 0.3 is 0 Å².